The van der Waals surface area contributed by atoms with Crippen molar-refractivity contribution in [3.05, 3.63) is 35.9 Å². The molecule has 1 aromatic carbocycles. The second-order valence-electron chi connectivity index (χ2n) is 6.25. The third-order valence-electron chi connectivity index (χ3n) is 4.79. The molecule has 0 aromatic heterocycles. The van der Waals surface area contributed by atoms with Crippen LogP contribution in [-0.4, -0.2) is 11.9 Å². The van der Waals surface area contributed by atoms with Crippen LogP contribution in [0.25, 0.3) is 0 Å². The van der Waals surface area contributed by atoms with E-state index in [0.29, 0.717) is 18.3 Å². The van der Waals surface area contributed by atoms with E-state index < -0.39 is 5.92 Å². The van der Waals surface area contributed by atoms with Gasteiger partial charge in [0.2, 0.25) is 5.91 Å². The zero-order valence-electron chi connectivity index (χ0n) is 12.9. The van der Waals surface area contributed by atoms with Crippen molar-refractivity contribution in [1.82, 2.24) is 5.32 Å². The number of hydrogen-bond donors (Lipinski definition) is 1. The van der Waals surface area contributed by atoms with Gasteiger partial charge in [-0.15, -0.1) is 0 Å². The van der Waals surface area contributed by atoms with Crippen molar-refractivity contribution in [2.24, 2.45) is 17.8 Å². The molecular formula is C18H24N2O. The van der Waals surface area contributed by atoms with Crippen LogP contribution >= 0.6 is 0 Å². The minimum absolute atomic E-state index is 0.118. The lowest BCUT2D eigenvalue weighted by Crippen LogP contribution is -2.46. The molecule has 21 heavy (non-hydrogen) atoms. The Morgan fingerprint density at radius 3 is 2.71 bits per heavy atom. The van der Waals surface area contributed by atoms with E-state index in [4.69, 9.17) is 0 Å². The molecule has 1 N–H and O–H groups in total. The molecule has 0 aliphatic heterocycles. The molecule has 1 fully saturated rings. The Hall–Kier alpha value is -1.82. The van der Waals surface area contributed by atoms with E-state index in [0.717, 1.165) is 18.4 Å². The predicted octanol–water partition coefficient (Wildman–Crippen LogP) is 3.31. The molecule has 1 amide bonds. The van der Waals surface area contributed by atoms with Crippen LogP contribution in [0.4, 0.5) is 0 Å². The number of carbonyl (C=O) groups excluding carboxylic acids is 1. The number of carbonyl (C=O) groups is 1. The second-order valence-corrected chi connectivity index (χ2v) is 6.25. The highest BCUT2D eigenvalue weighted by molar-refractivity contribution is 5.81. The first-order chi connectivity index (χ1) is 10.1. The number of rotatable bonds is 4. The topological polar surface area (TPSA) is 52.9 Å². The van der Waals surface area contributed by atoms with Crippen molar-refractivity contribution in [2.75, 3.05) is 0 Å². The fourth-order valence-electron chi connectivity index (χ4n) is 3.12. The molecule has 2 rings (SSSR count). The summed E-state index contributed by atoms with van der Waals surface area (Å²) in [5, 5.41) is 12.4. The smallest absolute Gasteiger partial charge is 0.237 e. The molecule has 1 saturated carbocycles. The van der Waals surface area contributed by atoms with E-state index in [1.54, 1.807) is 0 Å². The first kappa shape index (κ1) is 15.6. The van der Waals surface area contributed by atoms with Crippen LogP contribution in [0.15, 0.2) is 30.3 Å². The van der Waals surface area contributed by atoms with Crippen LogP contribution in [0.3, 0.4) is 0 Å². The van der Waals surface area contributed by atoms with Crippen LogP contribution < -0.4 is 5.32 Å². The van der Waals surface area contributed by atoms with Gasteiger partial charge in [-0.2, -0.15) is 5.26 Å². The first-order valence-electron chi connectivity index (χ1n) is 7.85. The van der Waals surface area contributed by atoms with Gasteiger partial charge in [0.25, 0.3) is 0 Å². The van der Waals surface area contributed by atoms with Gasteiger partial charge in [0.05, 0.1) is 6.07 Å². The number of nitrogens with zero attached hydrogens (tertiary/aromatic N) is 1. The van der Waals surface area contributed by atoms with E-state index in [9.17, 15) is 10.1 Å². The maximum Gasteiger partial charge on any atom is 0.237 e. The summed E-state index contributed by atoms with van der Waals surface area (Å²) < 4.78 is 0. The molecular weight excluding hydrogens is 260 g/mol. The highest BCUT2D eigenvalue weighted by Crippen LogP contribution is 2.29. The number of amides is 1. The van der Waals surface area contributed by atoms with E-state index >= 15 is 0 Å². The maximum atomic E-state index is 12.4. The van der Waals surface area contributed by atoms with Gasteiger partial charge in [-0.1, -0.05) is 57.0 Å². The highest BCUT2D eigenvalue weighted by atomic mass is 16.1. The molecule has 3 nitrogen and oxygen atoms in total. The van der Waals surface area contributed by atoms with Gasteiger partial charge < -0.3 is 5.32 Å². The lowest BCUT2D eigenvalue weighted by molar-refractivity contribution is -0.124. The quantitative estimate of drug-likeness (QED) is 0.922. The van der Waals surface area contributed by atoms with Gasteiger partial charge in [-0.3, -0.25) is 4.79 Å². The molecule has 4 unspecified atom stereocenters. The van der Waals surface area contributed by atoms with Crippen LogP contribution in [-0.2, 0) is 11.2 Å². The van der Waals surface area contributed by atoms with Crippen LogP contribution in [0.5, 0.6) is 0 Å². The van der Waals surface area contributed by atoms with Crippen molar-refractivity contribution in [2.45, 2.75) is 45.6 Å². The van der Waals surface area contributed by atoms with Crippen molar-refractivity contribution in [1.29, 1.82) is 5.26 Å². The third-order valence-corrected chi connectivity index (χ3v) is 4.79. The van der Waals surface area contributed by atoms with Crippen molar-refractivity contribution in [3.8, 4) is 6.07 Å². The van der Waals surface area contributed by atoms with Crippen molar-refractivity contribution >= 4 is 5.91 Å². The van der Waals surface area contributed by atoms with Gasteiger partial charge in [0.1, 0.15) is 5.92 Å². The third kappa shape index (κ3) is 4.07. The molecule has 0 spiro atoms. The predicted molar refractivity (Wildman–Crippen MR) is 83.4 cm³/mol. The molecule has 1 aromatic rings. The SMILES string of the molecule is CC1CCCC(NC(=O)C(C#N)Cc2ccccc2)C1C. The van der Waals surface area contributed by atoms with Gasteiger partial charge >= 0.3 is 0 Å². The van der Waals surface area contributed by atoms with E-state index in [-0.39, 0.29) is 11.9 Å². The Morgan fingerprint density at radius 1 is 1.33 bits per heavy atom. The maximum absolute atomic E-state index is 12.4. The Labute approximate surface area is 127 Å². The fourth-order valence-corrected chi connectivity index (χ4v) is 3.12. The molecule has 0 radical (unpaired) electrons. The summed E-state index contributed by atoms with van der Waals surface area (Å²) in [5.41, 5.74) is 1.03. The molecule has 0 bridgehead atoms. The van der Waals surface area contributed by atoms with Crippen LogP contribution in [0.1, 0.15) is 38.7 Å². The Bertz CT molecular complexity index is 506. The number of nitriles is 1. The summed E-state index contributed by atoms with van der Waals surface area (Å²) in [4.78, 5) is 12.4. The lowest BCUT2D eigenvalue weighted by atomic mass is 9.78. The van der Waals surface area contributed by atoms with Crippen LogP contribution in [0.2, 0.25) is 0 Å². The molecule has 3 heteroatoms. The Kier molecular flexibility index (Phi) is 5.38. The number of benzene rings is 1. The minimum Gasteiger partial charge on any atom is -0.352 e. The summed E-state index contributed by atoms with van der Waals surface area (Å²) in [6.07, 6.45) is 3.91. The lowest BCUT2D eigenvalue weighted by Gasteiger charge is -2.35. The zero-order valence-corrected chi connectivity index (χ0v) is 12.9. The first-order valence-corrected chi connectivity index (χ1v) is 7.85. The highest BCUT2D eigenvalue weighted by Gasteiger charge is 2.30. The van der Waals surface area contributed by atoms with Gasteiger partial charge in [0, 0.05) is 6.04 Å². The van der Waals surface area contributed by atoms with Gasteiger partial charge in [-0.05, 0) is 30.2 Å². The van der Waals surface area contributed by atoms with Crippen molar-refractivity contribution in [3.63, 3.8) is 0 Å². The second kappa shape index (κ2) is 7.26. The summed E-state index contributed by atoms with van der Waals surface area (Å²) >= 11 is 0. The molecule has 0 heterocycles. The number of hydrogen-bond acceptors (Lipinski definition) is 2. The normalized spacial score (nSPS) is 26.6. The van der Waals surface area contributed by atoms with E-state index in [1.807, 2.05) is 30.3 Å². The molecule has 4 atom stereocenters. The minimum atomic E-state index is -0.600. The largest absolute Gasteiger partial charge is 0.352 e. The summed E-state index contributed by atoms with van der Waals surface area (Å²) in [6, 6.07) is 12.1. The molecule has 1 aliphatic carbocycles. The van der Waals surface area contributed by atoms with E-state index in [2.05, 4.69) is 25.2 Å². The van der Waals surface area contributed by atoms with Crippen molar-refractivity contribution < 1.29 is 4.79 Å². The van der Waals surface area contributed by atoms with Crippen LogP contribution in [0, 0.1) is 29.1 Å². The monoisotopic (exact) mass is 284 g/mol. The molecule has 1 aliphatic rings. The summed E-state index contributed by atoms with van der Waals surface area (Å²) in [7, 11) is 0. The van der Waals surface area contributed by atoms with E-state index in [1.165, 1.54) is 6.42 Å². The van der Waals surface area contributed by atoms with Gasteiger partial charge in [-0.25, -0.2) is 0 Å². The molecule has 112 valence electrons. The summed E-state index contributed by atoms with van der Waals surface area (Å²) in [5.74, 6) is 0.404. The average Bonchev–Trinajstić information content (AvgIpc) is 2.50. The van der Waals surface area contributed by atoms with Gasteiger partial charge in [0.15, 0.2) is 0 Å². The summed E-state index contributed by atoms with van der Waals surface area (Å²) in [6.45, 7) is 4.45. The number of nitrogens with one attached hydrogen (secondary N) is 1. The zero-order chi connectivity index (χ0) is 15.2. The Morgan fingerprint density at radius 2 is 2.05 bits per heavy atom. The molecule has 0 saturated heterocycles. The Balaban J connectivity index is 1.96. The standard InChI is InChI=1S/C18H24N2O/c1-13-7-6-10-17(14(13)2)20-18(21)16(12-19)11-15-8-4-3-5-9-15/h3-5,8-9,13-14,16-17H,6-7,10-11H2,1-2H3,(H,20,21). The average molecular weight is 284 g/mol. The fraction of sp³-hybridized carbons (Fsp3) is 0.556.